The first kappa shape index (κ1) is 22.7. The van der Waals surface area contributed by atoms with Crippen molar-refractivity contribution in [1.29, 1.82) is 0 Å². The number of hydrogen-bond acceptors (Lipinski definition) is 6. The molecule has 1 aliphatic heterocycles. The number of benzene rings is 3. The molecule has 1 saturated heterocycles. The summed E-state index contributed by atoms with van der Waals surface area (Å²) >= 11 is 0. The number of methoxy groups -OCH3 is 1. The lowest BCUT2D eigenvalue weighted by atomic mass is 9.79. The molecule has 2 aliphatic rings. The standard InChI is InChI=1S/C28H29NO5/c1-27(2)33-23(17-30)25(34-27)24(26(31)32-3)29-28(18-11-5-4-6-12-18)21-15-9-7-13-19(21)20-14-8-10-16-22(20)28/h4-16,23-25,29-30H,17H2,1-3H3/t23-,24+,25+/m1/s1. The van der Waals surface area contributed by atoms with Gasteiger partial charge in [-0.3, -0.25) is 10.1 Å². The zero-order chi connectivity index (χ0) is 23.9. The van der Waals surface area contributed by atoms with E-state index in [1.54, 1.807) is 13.8 Å². The summed E-state index contributed by atoms with van der Waals surface area (Å²) in [5.74, 6) is -1.43. The fraction of sp³-hybridized carbons (Fsp3) is 0.321. The molecule has 6 heteroatoms. The SMILES string of the molecule is COC(=O)[C@@H](NC1(c2ccccc2)c2ccccc2-c2ccccc21)[C@H]1OC(C)(C)O[C@@H]1CO. The van der Waals surface area contributed by atoms with Crippen molar-refractivity contribution >= 4 is 5.97 Å². The Morgan fingerprint density at radius 3 is 2.06 bits per heavy atom. The van der Waals surface area contributed by atoms with Crippen LogP contribution < -0.4 is 5.32 Å². The lowest BCUT2D eigenvalue weighted by Gasteiger charge is -2.39. The van der Waals surface area contributed by atoms with Crippen LogP contribution in [-0.2, 0) is 24.5 Å². The third-order valence-corrected chi connectivity index (χ3v) is 6.72. The van der Waals surface area contributed by atoms with Gasteiger partial charge in [-0.2, -0.15) is 0 Å². The van der Waals surface area contributed by atoms with Crippen LogP contribution in [0.4, 0.5) is 0 Å². The third-order valence-electron chi connectivity index (χ3n) is 6.72. The zero-order valence-corrected chi connectivity index (χ0v) is 19.5. The van der Waals surface area contributed by atoms with Crippen LogP contribution in [-0.4, -0.2) is 48.8 Å². The van der Waals surface area contributed by atoms with Crippen molar-refractivity contribution in [2.45, 2.75) is 43.4 Å². The summed E-state index contributed by atoms with van der Waals surface area (Å²) in [5.41, 5.74) is 4.41. The van der Waals surface area contributed by atoms with E-state index in [9.17, 15) is 9.90 Å². The molecule has 0 amide bonds. The van der Waals surface area contributed by atoms with Gasteiger partial charge in [0.15, 0.2) is 5.79 Å². The predicted octanol–water partition coefficient (Wildman–Crippen LogP) is 3.60. The van der Waals surface area contributed by atoms with Gasteiger partial charge >= 0.3 is 5.97 Å². The molecule has 0 bridgehead atoms. The van der Waals surface area contributed by atoms with E-state index in [-0.39, 0.29) is 6.61 Å². The number of aliphatic hydroxyl groups is 1. The second kappa shape index (κ2) is 8.64. The number of esters is 1. The summed E-state index contributed by atoms with van der Waals surface area (Å²) in [6.07, 6.45) is -1.45. The minimum Gasteiger partial charge on any atom is -0.468 e. The number of hydrogen-bond donors (Lipinski definition) is 2. The van der Waals surface area contributed by atoms with Gasteiger partial charge in [-0.15, -0.1) is 0 Å². The number of aliphatic hydroxyl groups excluding tert-OH is 1. The molecule has 0 saturated carbocycles. The van der Waals surface area contributed by atoms with Crippen molar-refractivity contribution in [2.24, 2.45) is 0 Å². The molecule has 3 aromatic rings. The lowest BCUT2D eigenvalue weighted by molar-refractivity contribution is -0.159. The van der Waals surface area contributed by atoms with E-state index < -0.39 is 35.5 Å². The van der Waals surface area contributed by atoms with Gasteiger partial charge in [0, 0.05) is 0 Å². The van der Waals surface area contributed by atoms with Gasteiger partial charge in [0.05, 0.1) is 19.3 Å². The van der Waals surface area contributed by atoms with Crippen LogP contribution in [0.15, 0.2) is 78.9 Å². The molecule has 1 fully saturated rings. The first-order chi connectivity index (χ1) is 16.4. The van der Waals surface area contributed by atoms with Crippen LogP contribution in [0.1, 0.15) is 30.5 Å². The largest absolute Gasteiger partial charge is 0.468 e. The molecule has 34 heavy (non-hydrogen) atoms. The van der Waals surface area contributed by atoms with Crippen molar-refractivity contribution < 1.29 is 24.1 Å². The van der Waals surface area contributed by atoms with Crippen LogP contribution in [0.25, 0.3) is 11.1 Å². The second-order valence-electron chi connectivity index (χ2n) is 9.17. The molecule has 5 rings (SSSR count). The Morgan fingerprint density at radius 2 is 1.50 bits per heavy atom. The number of rotatable bonds is 6. The number of nitrogens with one attached hydrogen (secondary N) is 1. The van der Waals surface area contributed by atoms with Gasteiger partial charge in [0.2, 0.25) is 0 Å². The van der Waals surface area contributed by atoms with Crippen molar-refractivity contribution in [3.63, 3.8) is 0 Å². The number of fused-ring (bicyclic) bond motifs is 3. The van der Waals surface area contributed by atoms with E-state index in [4.69, 9.17) is 14.2 Å². The molecule has 0 aromatic heterocycles. The quantitative estimate of drug-likeness (QED) is 0.549. The normalized spacial score (nSPS) is 22.6. The highest BCUT2D eigenvalue weighted by atomic mass is 16.8. The van der Waals surface area contributed by atoms with Crippen molar-refractivity contribution in [2.75, 3.05) is 13.7 Å². The van der Waals surface area contributed by atoms with E-state index in [2.05, 4.69) is 41.7 Å². The smallest absolute Gasteiger partial charge is 0.325 e. The van der Waals surface area contributed by atoms with Gasteiger partial charge in [0.25, 0.3) is 0 Å². The van der Waals surface area contributed by atoms with Crippen LogP contribution in [0, 0.1) is 0 Å². The van der Waals surface area contributed by atoms with Crippen molar-refractivity contribution in [1.82, 2.24) is 5.32 Å². The van der Waals surface area contributed by atoms with Gasteiger partial charge in [-0.25, -0.2) is 0 Å². The van der Waals surface area contributed by atoms with Gasteiger partial charge in [0.1, 0.15) is 18.2 Å². The minimum atomic E-state index is -0.947. The Labute approximate surface area is 199 Å². The predicted molar refractivity (Wildman–Crippen MR) is 128 cm³/mol. The van der Waals surface area contributed by atoms with Crippen molar-refractivity contribution in [3.05, 3.63) is 95.6 Å². The summed E-state index contributed by atoms with van der Waals surface area (Å²) < 4.78 is 17.3. The van der Waals surface area contributed by atoms with Crippen molar-refractivity contribution in [3.8, 4) is 11.1 Å². The Kier molecular flexibility index (Phi) is 5.78. The van der Waals surface area contributed by atoms with E-state index in [0.717, 1.165) is 27.8 Å². The van der Waals surface area contributed by atoms with Crippen LogP contribution in [0.2, 0.25) is 0 Å². The lowest BCUT2D eigenvalue weighted by Crippen LogP contribution is -2.59. The zero-order valence-electron chi connectivity index (χ0n) is 19.5. The van der Waals surface area contributed by atoms with Crippen LogP contribution in [0.3, 0.4) is 0 Å². The van der Waals surface area contributed by atoms with Gasteiger partial charge < -0.3 is 19.3 Å². The number of carbonyl (C=O) groups excluding carboxylic acids is 1. The first-order valence-corrected chi connectivity index (χ1v) is 11.5. The second-order valence-corrected chi connectivity index (χ2v) is 9.17. The molecular weight excluding hydrogens is 430 g/mol. The molecule has 176 valence electrons. The molecule has 0 radical (unpaired) electrons. The fourth-order valence-corrected chi connectivity index (χ4v) is 5.40. The summed E-state index contributed by atoms with van der Waals surface area (Å²) in [4.78, 5) is 13.3. The van der Waals surface area contributed by atoms with Gasteiger partial charge in [-0.1, -0.05) is 78.9 Å². The average Bonchev–Trinajstić information content (AvgIpc) is 3.34. The maximum atomic E-state index is 13.3. The molecule has 3 aromatic carbocycles. The fourth-order valence-electron chi connectivity index (χ4n) is 5.40. The summed E-state index contributed by atoms with van der Waals surface area (Å²) in [6.45, 7) is 3.27. The maximum absolute atomic E-state index is 13.3. The highest BCUT2D eigenvalue weighted by molar-refractivity contribution is 5.84. The topological polar surface area (TPSA) is 77.0 Å². The first-order valence-electron chi connectivity index (χ1n) is 11.5. The molecule has 1 heterocycles. The van der Waals surface area contributed by atoms with E-state index in [1.807, 2.05) is 42.5 Å². The molecule has 1 aliphatic carbocycles. The molecule has 0 spiro atoms. The Balaban J connectivity index is 1.73. The van der Waals surface area contributed by atoms with Crippen LogP contribution >= 0.6 is 0 Å². The molecule has 0 unspecified atom stereocenters. The minimum absolute atomic E-state index is 0.283. The highest BCUT2D eigenvalue weighted by Crippen LogP contribution is 2.51. The van der Waals surface area contributed by atoms with E-state index >= 15 is 0 Å². The van der Waals surface area contributed by atoms with Gasteiger partial charge in [-0.05, 0) is 41.7 Å². The monoisotopic (exact) mass is 459 g/mol. The average molecular weight is 460 g/mol. The number of ether oxygens (including phenoxy) is 3. The maximum Gasteiger partial charge on any atom is 0.325 e. The molecule has 6 nitrogen and oxygen atoms in total. The molecule has 2 N–H and O–H groups in total. The summed E-state index contributed by atoms with van der Waals surface area (Å²) in [6, 6.07) is 25.6. The van der Waals surface area contributed by atoms with E-state index in [1.165, 1.54) is 7.11 Å². The van der Waals surface area contributed by atoms with Crippen LogP contribution in [0.5, 0.6) is 0 Å². The highest BCUT2D eigenvalue weighted by Gasteiger charge is 2.53. The Hall–Kier alpha value is -3.03. The Bertz CT molecular complexity index is 1150. The van der Waals surface area contributed by atoms with E-state index in [0.29, 0.717) is 0 Å². The molecule has 3 atom stereocenters. The third kappa shape index (κ3) is 3.54. The Morgan fingerprint density at radius 1 is 0.941 bits per heavy atom. The molecular formula is C28H29NO5. The summed E-state index contributed by atoms with van der Waals surface area (Å²) in [5, 5.41) is 13.7. The number of carbonyl (C=O) groups is 1. The summed E-state index contributed by atoms with van der Waals surface area (Å²) in [7, 11) is 1.36.